The molecule has 0 N–H and O–H groups in total. The van der Waals surface area contributed by atoms with Gasteiger partial charge in [-0.1, -0.05) is 285 Å². The second-order valence-corrected chi connectivity index (χ2v) is 20.9. The van der Waals surface area contributed by atoms with Gasteiger partial charge in [0.2, 0.25) is 0 Å². The van der Waals surface area contributed by atoms with Crippen LogP contribution in [0.15, 0.2) is 97.2 Å². The maximum Gasteiger partial charge on any atom is 0.306 e. The largest absolute Gasteiger partial charge is 0.462 e. The van der Waals surface area contributed by atoms with Gasteiger partial charge in [-0.15, -0.1) is 0 Å². The summed E-state index contributed by atoms with van der Waals surface area (Å²) in [6.07, 6.45) is 84.2. The maximum absolute atomic E-state index is 12.9. The normalized spacial score (nSPS) is 12.7. The topological polar surface area (TPSA) is 78.9 Å². The second-order valence-electron chi connectivity index (χ2n) is 20.9. The van der Waals surface area contributed by atoms with E-state index in [1.54, 1.807) is 0 Å². The summed E-state index contributed by atoms with van der Waals surface area (Å²) in [7, 11) is 0. The van der Waals surface area contributed by atoms with Crippen molar-refractivity contribution in [2.45, 2.75) is 309 Å². The van der Waals surface area contributed by atoms with Crippen LogP contribution in [0.4, 0.5) is 0 Å². The van der Waals surface area contributed by atoms with Gasteiger partial charge in [0.1, 0.15) is 13.2 Å². The zero-order chi connectivity index (χ0) is 54.3. The first-order chi connectivity index (χ1) is 37.0. The Morgan fingerprint density at radius 2 is 0.533 bits per heavy atom. The van der Waals surface area contributed by atoms with Gasteiger partial charge in [0, 0.05) is 19.3 Å². The number of carbonyl (C=O) groups is 3. The van der Waals surface area contributed by atoms with Gasteiger partial charge in [0.25, 0.3) is 0 Å². The Kier molecular flexibility index (Phi) is 59.8. The Labute approximate surface area is 464 Å². The first kappa shape index (κ1) is 71.3. The van der Waals surface area contributed by atoms with Crippen molar-refractivity contribution in [3.8, 4) is 0 Å². The molecule has 0 heterocycles. The van der Waals surface area contributed by atoms with Crippen LogP contribution in [0.25, 0.3) is 0 Å². The molecule has 1 atom stereocenters. The highest BCUT2D eigenvalue weighted by Gasteiger charge is 2.19. The molecule has 6 nitrogen and oxygen atoms in total. The molecular weight excluding hydrogens is 925 g/mol. The fraction of sp³-hybridized carbons (Fsp3) is 0.725. The molecule has 0 spiro atoms. The van der Waals surface area contributed by atoms with Crippen LogP contribution in [-0.2, 0) is 28.6 Å². The van der Waals surface area contributed by atoms with Crippen LogP contribution < -0.4 is 0 Å². The van der Waals surface area contributed by atoms with Crippen LogP contribution in [0.5, 0.6) is 0 Å². The van der Waals surface area contributed by atoms with Crippen molar-refractivity contribution in [3.63, 3.8) is 0 Å². The summed E-state index contributed by atoms with van der Waals surface area (Å²) in [5, 5.41) is 0. The van der Waals surface area contributed by atoms with E-state index in [-0.39, 0.29) is 37.5 Å². The van der Waals surface area contributed by atoms with Crippen molar-refractivity contribution in [2.24, 2.45) is 0 Å². The predicted octanol–water partition coefficient (Wildman–Crippen LogP) is 21.7. The lowest BCUT2D eigenvalue weighted by molar-refractivity contribution is -0.167. The van der Waals surface area contributed by atoms with Crippen LogP contribution in [0, 0.1) is 0 Å². The van der Waals surface area contributed by atoms with Gasteiger partial charge in [-0.2, -0.15) is 0 Å². The number of carbonyl (C=O) groups excluding carboxylic acids is 3. The van der Waals surface area contributed by atoms with Gasteiger partial charge in [-0.3, -0.25) is 14.4 Å². The van der Waals surface area contributed by atoms with Crippen molar-refractivity contribution >= 4 is 17.9 Å². The quantitative estimate of drug-likeness (QED) is 0.0261. The van der Waals surface area contributed by atoms with E-state index < -0.39 is 6.10 Å². The molecule has 0 rings (SSSR count). The molecule has 0 aliphatic rings. The number of esters is 3. The third kappa shape index (κ3) is 61.1. The van der Waals surface area contributed by atoms with E-state index in [2.05, 4.69) is 118 Å². The van der Waals surface area contributed by atoms with Crippen molar-refractivity contribution in [3.05, 3.63) is 97.2 Å². The Bertz CT molecular complexity index is 1480. The summed E-state index contributed by atoms with van der Waals surface area (Å²) in [6.45, 7) is 6.48. The average molecular weight is 1040 g/mol. The first-order valence-electron chi connectivity index (χ1n) is 31.7. The Morgan fingerprint density at radius 3 is 0.867 bits per heavy atom. The number of unbranched alkanes of at least 4 members (excludes halogenated alkanes) is 30. The lowest BCUT2D eigenvalue weighted by atomic mass is 10.0. The van der Waals surface area contributed by atoms with E-state index in [1.807, 2.05) is 0 Å². The SMILES string of the molecule is CC/C=C\C/C=C\C/C=C\C/C=C\C/C=C\CCCCCC(=O)OC[C@H](COC(=O)CCCCCCCCCCCCCCCCCCCCCCC)OC(=O)CCC/C=C\C/C=C\C/C=C\CCCCCCCC. The van der Waals surface area contributed by atoms with E-state index in [0.717, 1.165) is 96.3 Å². The van der Waals surface area contributed by atoms with Crippen molar-refractivity contribution in [1.82, 2.24) is 0 Å². The lowest BCUT2D eigenvalue weighted by Gasteiger charge is -2.18. The summed E-state index contributed by atoms with van der Waals surface area (Å²) in [4.78, 5) is 38.3. The molecule has 0 radical (unpaired) electrons. The summed E-state index contributed by atoms with van der Waals surface area (Å²) < 4.78 is 16.9. The third-order valence-electron chi connectivity index (χ3n) is 13.6. The van der Waals surface area contributed by atoms with Gasteiger partial charge in [-0.05, 0) is 96.3 Å². The summed E-state index contributed by atoms with van der Waals surface area (Å²) in [5.41, 5.74) is 0. The lowest BCUT2D eigenvalue weighted by Crippen LogP contribution is -2.30. The number of hydrogen-bond acceptors (Lipinski definition) is 6. The van der Waals surface area contributed by atoms with Gasteiger partial charge in [-0.25, -0.2) is 0 Å². The molecule has 0 fully saturated rings. The van der Waals surface area contributed by atoms with Crippen molar-refractivity contribution in [1.29, 1.82) is 0 Å². The molecule has 6 heteroatoms. The Balaban J connectivity index is 4.47. The van der Waals surface area contributed by atoms with Gasteiger partial charge >= 0.3 is 17.9 Å². The number of ether oxygens (including phenoxy) is 3. The van der Waals surface area contributed by atoms with Crippen LogP contribution in [0.2, 0.25) is 0 Å². The maximum atomic E-state index is 12.9. The van der Waals surface area contributed by atoms with Crippen LogP contribution >= 0.6 is 0 Å². The summed E-state index contributed by atoms with van der Waals surface area (Å²) >= 11 is 0. The van der Waals surface area contributed by atoms with E-state index >= 15 is 0 Å². The average Bonchev–Trinajstić information content (AvgIpc) is 3.41. The molecule has 430 valence electrons. The molecule has 0 aliphatic heterocycles. The fourth-order valence-corrected chi connectivity index (χ4v) is 8.84. The summed E-state index contributed by atoms with van der Waals surface area (Å²) in [6, 6.07) is 0. The van der Waals surface area contributed by atoms with E-state index in [9.17, 15) is 14.4 Å². The van der Waals surface area contributed by atoms with Gasteiger partial charge in [0.15, 0.2) is 6.10 Å². The highest BCUT2D eigenvalue weighted by Crippen LogP contribution is 2.16. The summed E-state index contributed by atoms with van der Waals surface area (Å²) in [5.74, 6) is -0.983. The third-order valence-corrected chi connectivity index (χ3v) is 13.6. The Hall–Kier alpha value is -3.67. The van der Waals surface area contributed by atoms with Crippen LogP contribution in [0.1, 0.15) is 303 Å². The molecular formula is C69H118O6. The van der Waals surface area contributed by atoms with Crippen LogP contribution in [0.3, 0.4) is 0 Å². The Morgan fingerprint density at radius 1 is 0.280 bits per heavy atom. The number of allylic oxidation sites excluding steroid dienone is 16. The van der Waals surface area contributed by atoms with Crippen molar-refractivity contribution in [2.75, 3.05) is 13.2 Å². The van der Waals surface area contributed by atoms with Gasteiger partial charge in [0.05, 0.1) is 0 Å². The molecule has 0 amide bonds. The molecule has 0 aliphatic carbocycles. The van der Waals surface area contributed by atoms with Crippen molar-refractivity contribution < 1.29 is 28.6 Å². The zero-order valence-corrected chi connectivity index (χ0v) is 49.3. The smallest absolute Gasteiger partial charge is 0.306 e. The molecule has 0 saturated carbocycles. The number of hydrogen-bond donors (Lipinski definition) is 0. The monoisotopic (exact) mass is 1040 g/mol. The molecule has 0 aromatic rings. The number of rotatable bonds is 57. The zero-order valence-electron chi connectivity index (χ0n) is 49.3. The fourth-order valence-electron chi connectivity index (χ4n) is 8.84. The molecule has 0 bridgehead atoms. The predicted molar refractivity (Wildman–Crippen MR) is 325 cm³/mol. The molecule has 0 aromatic carbocycles. The molecule has 0 saturated heterocycles. The minimum Gasteiger partial charge on any atom is -0.462 e. The minimum atomic E-state index is -0.819. The minimum absolute atomic E-state index is 0.106. The highest BCUT2D eigenvalue weighted by atomic mass is 16.6. The van der Waals surface area contributed by atoms with E-state index in [1.165, 1.54) is 161 Å². The van der Waals surface area contributed by atoms with Crippen LogP contribution in [-0.4, -0.2) is 37.2 Å². The standard InChI is InChI=1S/C69H118O6/c1-4-7-10-13-16-19-22-25-28-31-33-34-36-39-41-44-47-50-53-56-59-62-68(71)74-65-66(75-69(72)63-60-57-54-51-48-45-42-37-30-27-24-21-18-15-12-9-6-3)64-73-67(70)61-58-55-52-49-46-43-40-38-35-32-29-26-23-20-17-14-11-8-5-2/h8,11,17,20,26-27,29-30,35,38,42-43,45-46,51,54,66H,4-7,9-10,12-16,18-19,21-25,28,31-34,36-37,39-41,44,47-50,52-53,55-65H2,1-3H3/b11-8-,20-17-,29-26-,30-27-,38-35-,45-42-,46-43-,54-51-/t66-/m1/s1. The van der Waals surface area contributed by atoms with Gasteiger partial charge < -0.3 is 14.2 Å². The van der Waals surface area contributed by atoms with E-state index in [0.29, 0.717) is 19.3 Å². The van der Waals surface area contributed by atoms with E-state index in [4.69, 9.17) is 14.2 Å². The molecule has 75 heavy (non-hydrogen) atoms. The second kappa shape index (κ2) is 62.9. The first-order valence-corrected chi connectivity index (χ1v) is 31.7. The molecule has 0 aromatic heterocycles. The molecule has 0 unspecified atom stereocenters. The highest BCUT2D eigenvalue weighted by molar-refractivity contribution is 5.71.